The minimum absolute atomic E-state index is 0.00639. The molecule has 27 heavy (non-hydrogen) atoms. The highest BCUT2D eigenvalue weighted by molar-refractivity contribution is 7.99. The van der Waals surface area contributed by atoms with E-state index in [2.05, 4.69) is 28.3 Å². The molecule has 7 heteroatoms. The summed E-state index contributed by atoms with van der Waals surface area (Å²) in [5.41, 5.74) is 2.85. The lowest BCUT2D eigenvalue weighted by Gasteiger charge is -2.12. The molecule has 4 heterocycles. The lowest BCUT2D eigenvalue weighted by Crippen LogP contribution is -2.21. The summed E-state index contributed by atoms with van der Waals surface area (Å²) in [5.74, 6) is 1.87. The molecule has 5 nitrogen and oxygen atoms in total. The zero-order valence-corrected chi connectivity index (χ0v) is 16.1. The predicted molar refractivity (Wildman–Crippen MR) is 108 cm³/mol. The fraction of sp³-hybridized carbons (Fsp3) is 0.150. The van der Waals surface area contributed by atoms with Gasteiger partial charge in [0.25, 0.3) is 11.4 Å². The molecule has 0 saturated carbocycles. The van der Waals surface area contributed by atoms with Crippen LogP contribution in [0, 0.1) is 6.92 Å². The molecule has 0 unspecified atom stereocenters. The van der Waals surface area contributed by atoms with E-state index in [1.807, 2.05) is 22.8 Å². The molecule has 0 atom stereocenters. The van der Waals surface area contributed by atoms with Crippen molar-refractivity contribution < 1.29 is 4.52 Å². The Hall–Kier alpha value is -2.64. The van der Waals surface area contributed by atoms with Crippen LogP contribution in [0.15, 0.2) is 62.7 Å². The van der Waals surface area contributed by atoms with Gasteiger partial charge in [-0.1, -0.05) is 35.5 Å². The van der Waals surface area contributed by atoms with Gasteiger partial charge in [-0.05, 0) is 24.6 Å². The van der Waals surface area contributed by atoms with Crippen molar-refractivity contribution in [3.63, 3.8) is 0 Å². The quantitative estimate of drug-likeness (QED) is 0.494. The molecule has 4 aromatic rings. The molecule has 0 N–H and O–H groups in total. The van der Waals surface area contributed by atoms with Gasteiger partial charge >= 0.3 is 0 Å². The fourth-order valence-corrected chi connectivity index (χ4v) is 5.69. The van der Waals surface area contributed by atoms with Gasteiger partial charge < -0.3 is 9.09 Å². The molecule has 134 valence electrons. The Morgan fingerprint density at radius 2 is 2.00 bits per heavy atom. The lowest BCUT2D eigenvalue weighted by atomic mass is 10.1. The first-order valence-electron chi connectivity index (χ1n) is 8.57. The number of thioether (sulfide) groups is 1. The number of thiophene rings is 1. The van der Waals surface area contributed by atoms with Gasteiger partial charge in [-0.15, -0.1) is 23.1 Å². The van der Waals surface area contributed by atoms with Gasteiger partial charge in [0.2, 0.25) is 0 Å². The van der Waals surface area contributed by atoms with Crippen LogP contribution in [0.4, 0.5) is 0 Å². The first kappa shape index (κ1) is 16.5. The zero-order valence-electron chi connectivity index (χ0n) is 14.5. The molecule has 0 saturated heterocycles. The third kappa shape index (κ3) is 2.83. The van der Waals surface area contributed by atoms with E-state index in [4.69, 9.17) is 4.52 Å². The van der Waals surface area contributed by atoms with Crippen molar-refractivity contribution in [3.8, 4) is 32.5 Å². The van der Waals surface area contributed by atoms with Crippen molar-refractivity contribution in [1.29, 1.82) is 0 Å². The van der Waals surface area contributed by atoms with Crippen LogP contribution in [-0.2, 0) is 6.54 Å². The van der Waals surface area contributed by atoms with Crippen LogP contribution in [0.25, 0.3) is 32.5 Å². The SMILES string of the molecule is Cc1noc(-c2ccc(=O)n3c2-c2sc(-c4ccccc4)cc2SCC3)n1. The zero-order chi connectivity index (χ0) is 18.4. The number of rotatable bonds is 2. The average molecular weight is 393 g/mol. The molecule has 3 aromatic heterocycles. The topological polar surface area (TPSA) is 60.9 Å². The minimum Gasteiger partial charge on any atom is -0.334 e. The van der Waals surface area contributed by atoms with Crippen molar-refractivity contribution in [2.45, 2.75) is 18.4 Å². The molecular formula is C20H15N3O2S2. The molecule has 0 spiro atoms. The molecule has 0 radical (unpaired) electrons. The first-order chi connectivity index (χ1) is 13.2. The highest BCUT2D eigenvalue weighted by Crippen LogP contribution is 2.46. The summed E-state index contributed by atoms with van der Waals surface area (Å²) in [6, 6.07) is 15.9. The summed E-state index contributed by atoms with van der Waals surface area (Å²) in [7, 11) is 0. The van der Waals surface area contributed by atoms with E-state index in [0.29, 0.717) is 18.3 Å². The van der Waals surface area contributed by atoms with Crippen molar-refractivity contribution in [2.75, 3.05) is 5.75 Å². The molecular weight excluding hydrogens is 378 g/mol. The average Bonchev–Trinajstić information content (AvgIpc) is 3.26. The Morgan fingerprint density at radius 3 is 2.78 bits per heavy atom. The fourth-order valence-electron chi connectivity index (χ4n) is 3.26. The molecule has 0 aliphatic carbocycles. The van der Waals surface area contributed by atoms with Crippen molar-refractivity contribution in [2.24, 2.45) is 0 Å². The van der Waals surface area contributed by atoms with E-state index in [1.54, 1.807) is 42.2 Å². The smallest absolute Gasteiger partial charge is 0.260 e. The molecule has 0 amide bonds. The standard InChI is InChI=1S/C20H15N3O2S2/c1-12-21-20(25-22-12)14-7-8-17(24)23-9-10-26-16-11-15(27-19(16)18(14)23)13-5-3-2-4-6-13/h2-8,11H,9-10H2,1H3. The summed E-state index contributed by atoms with van der Waals surface area (Å²) >= 11 is 3.48. The summed E-state index contributed by atoms with van der Waals surface area (Å²) < 4.78 is 7.26. The molecule has 1 aliphatic heterocycles. The van der Waals surface area contributed by atoms with E-state index in [1.165, 1.54) is 15.3 Å². The highest BCUT2D eigenvalue weighted by atomic mass is 32.2. The highest BCUT2D eigenvalue weighted by Gasteiger charge is 2.25. The van der Waals surface area contributed by atoms with Gasteiger partial charge in [-0.3, -0.25) is 4.79 Å². The number of pyridine rings is 1. The number of aryl methyl sites for hydroxylation is 1. The van der Waals surface area contributed by atoms with E-state index in [-0.39, 0.29) is 5.56 Å². The predicted octanol–water partition coefficient (Wildman–Crippen LogP) is 4.71. The van der Waals surface area contributed by atoms with Gasteiger partial charge in [0.1, 0.15) is 0 Å². The Balaban J connectivity index is 1.78. The van der Waals surface area contributed by atoms with E-state index < -0.39 is 0 Å². The van der Waals surface area contributed by atoms with Crippen LogP contribution in [0.5, 0.6) is 0 Å². The summed E-state index contributed by atoms with van der Waals surface area (Å²) in [6.45, 7) is 2.45. The maximum Gasteiger partial charge on any atom is 0.260 e. The van der Waals surface area contributed by atoms with E-state index in [0.717, 1.165) is 21.9 Å². The van der Waals surface area contributed by atoms with Crippen molar-refractivity contribution >= 4 is 23.1 Å². The summed E-state index contributed by atoms with van der Waals surface area (Å²) in [6.07, 6.45) is 0. The van der Waals surface area contributed by atoms with Gasteiger partial charge in [0.15, 0.2) is 5.82 Å². The Bertz CT molecular complexity index is 1190. The van der Waals surface area contributed by atoms with Crippen molar-refractivity contribution in [3.05, 3.63) is 64.7 Å². The molecule has 5 rings (SSSR count). The van der Waals surface area contributed by atoms with Crippen LogP contribution < -0.4 is 5.56 Å². The monoisotopic (exact) mass is 393 g/mol. The second kappa shape index (κ2) is 6.51. The van der Waals surface area contributed by atoms with Crippen LogP contribution in [0.2, 0.25) is 0 Å². The number of benzene rings is 1. The molecule has 0 bridgehead atoms. The van der Waals surface area contributed by atoms with Gasteiger partial charge in [0, 0.05) is 28.1 Å². The normalized spacial score (nSPS) is 13.1. The maximum absolute atomic E-state index is 12.6. The Labute approximate surface area is 163 Å². The number of fused-ring (bicyclic) bond motifs is 3. The lowest BCUT2D eigenvalue weighted by molar-refractivity contribution is 0.425. The van der Waals surface area contributed by atoms with Crippen molar-refractivity contribution in [1.82, 2.24) is 14.7 Å². The number of aromatic nitrogens is 3. The van der Waals surface area contributed by atoms with E-state index >= 15 is 0 Å². The van der Waals surface area contributed by atoms with Gasteiger partial charge in [-0.2, -0.15) is 4.98 Å². The molecule has 1 aromatic carbocycles. The van der Waals surface area contributed by atoms with Crippen LogP contribution in [0.1, 0.15) is 5.82 Å². The minimum atomic E-state index is -0.00639. The van der Waals surface area contributed by atoms with Crippen LogP contribution in [0.3, 0.4) is 0 Å². The van der Waals surface area contributed by atoms with Crippen LogP contribution in [-0.4, -0.2) is 20.5 Å². The Morgan fingerprint density at radius 1 is 1.15 bits per heavy atom. The second-order valence-electron chi connectivity index (χ2n) is 6.25. The first-order valence-corrected chi connectivity index (χ1v) is 10.4. The largest absolute Gasteiger partial charge is 0.334 e. The Kier molecular flexibility index (Phi) is 3.98. The summed E-state index contributed by atoms with van der Waals surface area (Å²) in [4.78, 5) is 20.4. The van der Waals surface area contributed by atoms with Gasteiger partial charge in [-0.25, -0.2) is 0 Å². The third-order valence-corrected chi connectivity index (χ3v) is 6.83. The van der Waals surface area contributed by atoms with Crippen LogP contribution >= 0.6 is 23.1 Å². The summed E-state index contributed by atoms with van der Waals surface area (Å²) in [5, 5.41) is 3.92. The molecule has 0 fully saturated rings. The second-order valence-corrected chi connectivity index (χ2v) is 8.44. The third-order valence-electron chi connectivity index (χ3n) is 4.49. The van der Waals surface area contributed by atoms with E-state index in [9.17, 15) is 4.79 Å². The molecule has 1 aliphatic rings. The van der Waals surface area contributed by atoms with Gasteiger partial charge in [0.05, 0.1) is 16.1 Å². The number of nitrogens with zero attached hydrogens (tertiary/aromatic N) is 3. The maximum atomic E-state index is 12.6. The number of hydrogen-bond donors (Lipinski definition) is 0. The number of hydrogen-bond acceptors (Lipinski definition) is 6.